The van der Waals surface area contributed by atoms with Gasteiger partial charge in [-0.3, -0.25) is 9.48 Å². The van der Waals surface area contributed by atoms with Crippen LogP contribution in [0.5, 0.6) is 0 Å². The van der Waals surface area contributed by atoms with Gasteiger partial charge in [0.2, 0.25) is 5.91 Å². The summed E-state index contributed by atoms with van der Waals surface area (Å²) in [6, 6.07) is 8.98. The fourth-order valence-corrected chi connectivity index (χ4v) is 3.94. The molecule has 1 N–H and O–H groups in total. The number of nitrogens with one attached hydrogen (secondary N) is 1. The molecule has 8 heteroatoms. The average molecular weight is 374 g/mol. The molecule has 1 aromatic heterocycles. The van der Waals surface area contributed by atoms with Crippen LogP contribution in [0.1, 0.15) is 44.0 Å². The van der Waals surface area contributed by atoms with E-state index in [-0.39, 0.29) is 17.7 Å². The van der Waals surface area contributed by atoms with Crippen molar-refractivity contribution in [2.75, 3.05) is 0 Å². The molecule has 0 aliphatic heterocycles. The first kappa shape index (κ1) is 19.7. The number of nitriles is 1. The Morgan fingerprint density at radius 3 is 2.58 bits per heavy atom. The van der Waals surface area contributed by atoms with Crippen LogP contribution in [0, 0.1) is 11.3 Å². The fraction of sp³-hybridized carbons (Fsp3) is 0.389. The number of hydrogen-bond donors (Lipinski definition) is 1. The molecule has 0 radical (unpaired) electrons. The maximum absolute atomic E-state index is 12.6. The van der Waals surface area contributed by atoms with Gasteiger partial charge in [0.1, 0.15) is 4.90 Å². The lowest BCUT2D eigenvalue weighted by molar-refractivity contribution is -0.119. The molecule has 0 bridgehead atoms. The second-order valence-electron chi connectivity index (χ2n) is 7.06. The highest BCUT2D eigenvalue weighted by atomic mass is 32.2. The molecule has 0 fully saturated rings. The van der Waals surface area contributed by atoms with Crippen molar-refractivity contribution in [3.63, 3.8) is 0 Å². The van der Waals surface area contributed by atoms with Crippen molar-refractivity contribution in [3.8, 4) is 6.07 Å². The van der Waals surface area contributed by atoms with Crippen LogP contribution >= 0.6 is 0 Å². The maximum Gasteiger partial charge on any atom is 0.267 e. The van der Waals surface area contributed by atoms with E-state index in [1.807, 2.05) is 20.8 Å². The molecule has 0 saturated heterocycles. The molecule has 0 aliphatic carbocycles. The lowest BCUT2D eigenvalue weighted by atomic mass is 9.92. The lowest BCUT2D eigenvalue weighted by Crippen LogP contribution is -2.32. The van der Waals surface area contributed by atoms with Gasteiger partial charge >= 0.3 is 0 Å². The predicted molar refractivity (Wildman–Crippen MR) is 96.7 cm³/mol. The van der Waals surface area contributed by atoms with E-state index in [1.165, 1.54) is 10.9 Å². The first-order valence-electron chi connectivity index (χ1n) is 8.12. The highest BCUT2D eigenvalue weighted by molar-refractivity contribution is 7.90. The van der Waals surface area contributed by atoms with E-state index >= 15 is 0 Å². The van der Waals surface area contributed by atoms with Gasteiger partial charge < -0.3 is 0 Å². The lowest BCUT2D eigenvalue weighted by Gasteiger charge is -2.17. The zero-order valence-corrected chi connectivity index (χ0v) is 16.1. The standard InChI is InChI=1S/C18H22N4O3S/c1-18(2,3)17-15(12-22(4)20-17)26(24,25)21-16(23)10-9-13-7-5-6-8-14(13)11-19/h5-8,12H,9-10H2,1-4H3,(H,21,23). The van der Waals surface area contributed by atoms with Gasteiger partial charge in [-0.1, -0.05) is 39.0 Å². The molecule has 7 nitrogen and oxygen atoms in total. The molecule has 26 heavy (non-hydrogen) atoms. The van der Waals surface area contributed by atoms with Gasteiger partial charge in [-0.15, -0.1) is 0 Å². The molecule has 0 spiro atoms. The number of aryl methyl sites for hydroxylation is 2. The van der Waals surface area contributed by atoms with E-state index in [1.54, 1.807) is 31.3 Å². The van der Waals surface area contributed by atoms with E-state index in [0.29, 0.717) is 16.8 Å². The third-order valence-electron chi connectivity index (χ3n) is 3.80. The topological polar surface area (TPSA) is 105 Å². The predicted octanol–water partition coefficient (Wildman–Crippen LogP) is 2.03. The summed E-state index contributed by atoms with van der Waals surface area (Å²) in [7, 11) is -2.39. The Hall–Kier alpha value is -2.66. The number of carbonyl (C=O) groups excluding carboxylic acids is 1. The number of hydrogen-bond acceptors (Lipinski definition) is 5. The molecular formula is C18H22N4O3S. The molecule has 2 rings (SSSR count). The van der Waals surface area contributed by atoms with Gasteiger partial charge in [0.15, 0.2) is 0 Å². The minimum absolute atomic E-state index is 0.00160. The zero-order valence-electron chi connectivity index (χ0n) is 15.3. The van der Waals surface area contributed by atoms with Crippen LogP contribution in [0.3, 0.4) is 0 Å². The largest absolute Gasteiger partial charge is 0.274 e. The van der Waals surface area contributed by atoms with Gasteiger partial charge in [0, 0.05) is 25.1 Å². The summed E-state index contributed by atoms with van der Waals surface area (Å²) in [5, 5.41) is 13.3. The molecule has 2 aromatic rings. The molecule has 0 atom stereocenters. The van der Waals surface area contributed by atoms with Gasteiger partial charge in [-0.2, -0.15) is 10.4 Å². The van der Waals surface area contributed by atoms with Gasteiger partial charge in [-0.25, -0.2) is 13.1 Å². The Labute approximate surface area is 153 Å². The van der Waals surface area contributed by atoms with E-state index in [4.69, 9.17) is 5.26 Å². The van der Waals surface area contributed by atoms with Crippen LogP contribution < -0.4 is 4.72 Å². The first-order chi connectivity index (χ1) is 12.0. The minimum atomic E-state index is -4.02. The number of amides is 1. The summed E-state index contributed by atoms with van der Waals surface area (Å²) in [4.78, 5) is 12.2. The summed E-state index contributed by atoms with van der Waals surface area (Å²) < 4.78 is 28.8. The van der Waals surface area contributed by atoms with Crippen LogP contribution in [-0.4, -0.2) is 24.1 Å². The molecular weight excluding hydrogens is 352 g/mol. The second-order valence-corrected chi connectivity index (χ2v) is 8.71. The number of carbonyl (C=O) groups is 1. The van der Waals surface area contributed by atoms with Crippen molar-refractivity contribution in [1.82, 2.24) is 14.5 Å². The maximum atomic E-state index is 12.6. The molecule has 0 unspecified atom stereocenters. The fourth-order valence-electron chi connectivity index (χ4n) is 2.53. The Morgan fingerprint density at radius 2 is 1.96 bits per heavy atom. The van der Waals surface area contributed by atoms with E-state index in [2.05, 4.69) is 15.9 Å². The molecule has 1 heterocycles. The van der Waals surface area contributed by atoms with Crippen LogP contribution in [0.25, 0.3) is 0 Å². The zero-order chi connectivity index (χ0) is 19.5. The molecule has 0 saturated carbocycles. The smallest absolute Gasteiger partial charge is 0.267 e. The summed E-state index contributed by atoms with van der Waals surface area (Å²) >= 11 is 0. The van der Waals surface area contributed by atoms with Crippen molar-refractivity contribution < 1.29 is 13.2 Å². The molecule has 138 valence electrons. The van der Waals surface area contributed by atoms with E-state index in [9.17, 15) is 13.2 Å². The SMILES string of the molecule is Cn1cc(S(=O)(=O)NC(=O)CCc2ccccc2C#N)c(C(C)(C)C)n1. The minimum Gasteiger partial charge on any atom is -0.274 e. The number of aromatic nitrogens is 2. The number of nitrogens with zero attached hydrogens (tertiary/aromatic N) is 3. The quantitative estimate of drug-likeness (QED) is 0.862. The Bertz CT molecular complexity index is 963. The molecule has 1 amide bonds. The van der Waals surface area contributed by atoms with Crippen LogP contribution in [0.2, 0.25) is 0 Å². The van der Waals surface area contributed by atoms with Crippen molar-refractivity contribution >= 4 is 15.9 Å². The van der Waals surface area contributed by atoms with Crippen molar-refractivity contribution in [3.05, 3.63) is 47.3 Å². The number of rotatable bonds is 5. The molecule has 1 aromatic carbocycles. The number of benzene rings is 1. The van der Waals surface area contributed by atoms with Gasteiger partial charge in [0.25, 0.3) is 10.0 Å². The van der Waals surface area contributed by atoms with Gasteiger partial charge in [-0.05, 0) is 18.1 Å². The third-order valence-corrected chi connectivity index (χ3v) is 5.18. The average Bonchev–Trinajstić information content (AvgIpc) is 2.96. The Morgan fingerprint density at radius 1 is 1.31 bits per heavy atom. The number of sulfonamides is 1. The highest BCUT2D eigenvalue weighted by Gasteiger charge is 2.30. The normalized spacial score (nSPS) is 11.8. The van der Waals surface area contributed by atoms with E-state index in [0.717, 1.165) is 0 Å². The van der Waals surface area contributed by atoms with Crippen molar-refractivity contribution in [2.45, 2.75) is 43.9 Å². The van der Waals surface area contributed by atoms with Crippen LogP contribution in [0.4, 0.5) is 0 Å². The third kappa shape index (κ3) is 4.49. The van der Waals surface area contributed by atoms with Gasteiger partial charge in [0.05, 0.1) is 17.3 Å². The van der Waals surface area contributed by atoms with Crippen LogP contribution in [-0.2, 0) is 33.7 Å². The monoisotopic (exact) mass is 374 g/mol. The van der Waals surface area contributed by atoms with Crippen molar-refractivity contribution in [2.24, 2.45) is 7.05 Å². The summed E-state index contributed by atoms with van der Waals surface area (Å²) in [6.07, 6.45) is 1.63. The van der Waals surface area contributed by atoms with Crippen LogP contribution in [0.15, 0.2) is 35.4 Å². The van der Waals surface area contributed by atoms with E-state index < -0.39 is 21.3 Å². The Kier molecular flexibility index (Phi) is 5.52. The molecule has 0 aliphatic rings. The summed E-state index contributed by atoms with van der Waals surface area (Å²) in [6.45, 7) is 5.57. The second kappa shape index (κ2) is 7.30. The summed E-state index contributed by atoms with van der Waals surface area (Å²) in [5.74, 6) is -0.624. The highest BCUT2D eigenvalue weighted by Crippen LogP contribution is 2.27. The Balaban J connectivity index is 2.15. The summed E-state index contributed by atoms with van der Waals surface area (Å²) in [5.41, 5.74) is 1.10. The van der Waals surface area contributed by atoms with Crippen molar-refractivity contribution in [1.29, 1.82) is 5.26 Å². The first-order valence-corrected chi connectivity index (χ1v) is 9.60.